The lowest BCUT2D eigenvalue weighted by molar-refractivity contribution is 0.0997. The number of amides is 2. The molecule has 1 aromatic heterocycles. The molecule has 0 atom stereocenters. The number of para-hydroxylation sites is 1. The Morgan fingerprint density at radius 3 is 2.32 bits per heavy atom. The second-order valence-electron chi connectivity index (χ2n) is 7.02. The van der Waals surface area contributed by atoms with Crippen molar-refractivity contribution in [3.05, 3.63) is 101 Å². The maximum absolute atomic E-state index is 13.2. The Labute approximate surface area is 184 Å². The van der Waals surface area contributed by atoms with Crippen LogP contribution < -0.4 is 11.1 Å². The molecule has 154 valence electrons. The number of halogens is 1. The molecule has 0 aliphatic heterocycles. The molecule has 0 radical (unpaired) electrons. The maximum atomic E-state index is 13.2. The Kier molecular flexibility index (Phi) is 5.56. The van der Waals surface area contributed by atoms with Crippen LogP contribution in [0.2, 0.25) is 5.02 Å². The van der Waals surface area contributed by atoms with Crippen molar-refractivity contribution in [2.45, 2.75) is 6.92 Å². The fraction of sp³-hybridized carbons (Fsp3) is 0.0417. The molecular formula is C24H19ClN4O2. The molecule has 4 aromatic rings. The molecule has 0 aliphatic rings. The standard InChI is InChI=1S/C24H19ClN4O2/c1-15-13-18(11-12-20(15)23(26)30)27-24(31)22-14-21(16-7-9-17(25)10-8-16)28-29(22)19-5-3-2-4-6-19/h2-14H,1H3,(H2,26,30)(H,27,31). The highest BCUT2D eigenvalue weighted by Crippen LogP contribution is 2.24. The zero-order valence-corrected chi connectivity index (χ0v) is 17.4. The minimum Gasteiger partial charge on any atom is -0.366 e. The molecule has 3 N–H and O–H groups in total. The van der Waals surface area contributed by atoms with Crippen LogP contribution >= 0.6 is 11.6 Å². The molecule has 0 saturated carbocycles. The molecule has 0 fully saturated rings. The van der Waals surface area contributed by atoms with E-state index < -0.39 is 5.91 Å². The molecule has 4 rings (SSSR count). The maximum Gasteiger partial charge on any atom is 0.274 e. The molecule has 3 aromatic carbocycles. The second-order valence-corrected chi connectivity index (χ2v) is 7.45. The summed E-state index contributed by atoms with van der Waals surface area (Å²) in [5.41, 5.74) is 9.63. The summed E-state index contributed by atoms with van der Waals surface area (Å²) < 4.78 is 1.60. The third kappa shape index (κ3) is 4.34. The lowest BCUT2D eigenvalue weighted by Gasteiger charge is -2.10. The van der Waals surface area contributed by atoms with Crippen LogP contribution in [-0.2, 0) is 0 Å². The number of aryl methyl sites for hydroxylation is 1. The molecule has 0 saturated heterocycles. The summed E-state index contributed by atoms with van der Waals surface area (Å²) in [5, 5.41) is 8.15. The molecule has 6 nitrogen and oxygen atoms in total. The molecule has 0 spiro atoms. The minimum atomic E-state index is -0.509. The Morgan fingerprint density at radius 2 is 1.68 bits per heavy atom. The van der Waals surface area contributed by atoms with Gasteiger partial charge in [0, 0.05) is 21.8 Å². The van der Waals surface area contributed by atoms with Crippen molar-refractivity contribution in [3.63, 3.8) is 0 Å². The SMILES string of the molecule is Cc1cc(NC(=O)c2cc(-c3ccc(Cl)cc3)nn2-c2ccccc2)ccc1C(N)=O. The van der Waals surface area contributed by atoms with Gasteiger partial charge in [0.15, 0.2) is 0 Å². The van der Waals surface area contributed by atoms with Crippen molar-refractivity contribution in [1.82, 2.24) is 9.78 Å². The van der Waals surface area contributed by atoms with Gasteiger partial charge in [0.1, 0.15) is 5.69 Å². The van der Waals surface area contributed by atoms with Gasteiger partial charge in [-0.05, 0) is 61.0 Å². The van der Waals surface area contributed by atoms with Gasteiger partial charge in [0.2, 0.25) is 5.91 Å². The molecule has 0 bridgehead atoms. The van der Waals surface area contributed by atoms with Gasteiger partial charge in [-0.15, -0.1) is 0 Å². The highest BCUT2D eigenvalue weighted by Gasteiger charge is 2.18. The zero-order valence-electron chi connectivity index (χ0n) is 16.7. The number of carbonyl (C=O) groups is 2. The van der Waals surface area contributed by atoms with E-state index in [0.717, 1.165) is 11.3 Å². The quantitative estimate of drug-likeness (QED) is 0.474. The van der Waals surface area contributed by atoms with Crippen molar-refractivity contribution in [2.24, 2.45) is 5.73 Å². The van der Waals surface area contributed by atoms with Crippen LogP contribution in [0.5, 0.6) is 0 Å². The van der Waals surface area contributed by atoms with E-state index in [1.165, 1.54) is 0 Å². The summed E-state index contributed by atoms with van der Waals surface area (Å²) in [7, 11) is 0. The van der Waals surface area contributed by atoms with E-state index in [1.807, 2.05) is 42.5 Å². The number of nitrogens with zero attached hydrogens (tertiary/aromatic N) is 2. The van der Waals surface area contributed by atoms with E-state index in [1.54, 1.807) is 48.0 Å². The molecule has 0 aliphatic carbocycles. The van der Waals surface area contributed by atoms with E-state index in [4.69, 9.17) is 17.3 Å². The third-order valence-electron chi connectivity index (χ3n) is 4.83. The monoisotopic (exact) mass is 430 g/mol. The number of carbonyl (C=O) groups excluding carboxylic acids is 2. The van der Waals surface area contributed by atoms with E-state index in [2.05, 4.69) is 10.4 Å². The van der Waals surface area contributed by atoms with Gasteiger partial charge in [-0.1, -0.05) is 41.9 Å². The Bertz CT molecular complexity index is 1260. The Morgan fingerprint density at radius 1 is 0.968 bits per heavy atom. The van der Waals surface area contributed by atoms with Gasteiger partial charge in [0.05, 0.1) is 11.4 Å². The number of aromatic nitrogens is 2. The van der Waals surface area contributed by atoms with Crippen LogP contribution in [0.1, 0.15) is 26.4 Å². The molecule has 31 heavy (non-hydrogen) atoms. The number of nitrogens with one attached hydrogen (secondary N) is 1. The first-order valence-electron chi connectivity index (χ1n) is 9.55. The van der Waals surface area contributed by atoms with Crippen molar-refractivity contribution in [3.8, 4) is 16.9 Å². The fourth-order valence-electron chi connectivity index (χ4n) is 3.28. The minimum absolute atomic E-state index is 0.331. The largest absolute Gasteiger partial charge is 0.366 e. The van der Waals surface area contributed by atoms with Gasteiger partial charge in [-0.3, -0.25) is 9.59 Å². The predicted octanol–water partition coefficient (Wildman–Crippen LogP) is 4.85. The first kappa shape index (κ1) is 20.4. The fourth-order valence-corrected chi connectivity index (χ4v) is 3.41. The molecule has 0 unspecified atom stereocenters. The van der Waals surface area contributed by atoms with Crippen LogP contribution in [0, 0.1) is 6.92 Å². The normalized spacial score (nSPS) is 10.6. The first-order valence-corrected chi connectivity index (χ1v) is 9.93. The van der Waals surface area contributed by atoms with E-state index in [9.17, 15) is 9.59 Å². The van der Waals surface area contributed by atoms with Crippen LogP contribution in [-0.4, -0.2) is 21.6 Å². The number of hydrogen-bond acceptors (Lipinski definition) is 3. The third-order valence-corrected chi connectivity index (χ3v) is 5.08. The van der Waals surface area contributed by atoms with Crippen molar-refractivity contribution in [1.29, 1.82) is 0 Å². The van der Waals surface area contributed by atoms with Crippen molar-refractivity contribution in [2.75, 3.05) is 5.32 Å². The summed E-state index contributed by atoms with van der Waals surface area (Å²) in [6.45, 7) is 1.77. The van der Waals surface area contributed by atoms with Gasteiger partial charge >= 0.3 is 0 Å². The molecular weight excluding hydrogens is 412 g/mol. The van der Waals surface area contributed by atoms with E-state index >= 15 is 0 Å². The summed E-state index contributed by atoms with van der Waals surface area (Å²) in [6, 6.07) is 23.4. The van der Waals surface area contributed by atoms with Crippen molar-refractivity contribution >= 4 is 29.1 Å². The zero-order chi connectivity index (χ0) is 22.0. The predicted molar refractivity (Wildman–Crippen MR) is 122 cm³/mol. The number of nitrogens with two attached hydrogens (primary N) is 1. The van der Waals surface area contributed by atoms with Gasteiger partial charge in [-0.25, -0.2) is 4.68 Å². The van der Waals surface area contributed by atoms with Crippen LogP contribution in [0.4, 0.5) is 5.69 Å². The number of rotatable bonds is 5. The first-order chi connectivity index (χ1) is 14.9. The number of anilines is 1. The molecule has 7 heteroatoms. The second kappa shape index (κ2) is 8.45. The number of primary amides is 1. The van der Waals surface area contributed by atoms with E-state index in [0.29, 0.717) is 33.2 Å². The van der Waals surface area contributed by atoms with E-state index in [-0.39, 0.29) is 5.91 Å². The topological polar surface area (TPSA) is 90.0 Å². The van der Waals surface area contributed by atoms with Crippen LogP contribution in [0.25, 0.3) is 16.9 Å². The van der Waals surface area contributed by atoms with Gasteiger partial charge in [0.25, 0.3) is 5.91 Å². The van der Waals surface area contributed by atoms with Crippen LogP contribution in [0.15, 0.2) is 78.9 Å². The summed E-state index contributed by atoms with van der Waals surface area (Å²) in [4.78, 5) is 24.6. The summed E-state index contributed by atoms with van der Waals surface area (Å²) >= 11 is 6.00. The smallest absolute Gasteiger partial charge is 0.274 e. The van der Waals surface area contributed by atoms with Crippen LogP contribution in [0.3, 0.4) is 0 Å². The van der Waals surface area contributed by atoms with Gasteiger partial charge < -0.3 is 11.1 Å². The molecule has 1 heterocycles. The average molecular weight is 431 g/mol. The summed E-state index contributed by atoms with van der Waals surface area (Å²) in [5.74, 6) is -0.840. The Balaban J connectivity index is 1.72. The van der Waals surface area contributed by atoms with Crippen molar-refractivity contribution < 1.29 is 9.59 Å². The lowest BCUT2D eigenvalue weighted by atomic mass is 10.1. The highest BCUT2D eigenvalue weighted by molar-refractivity contribution is 6.30. The summed E-state index contributed by atoms with van der Waals surface area (Å²) in [6.07, 6.45) is 0. The lowest BCUT2D eigenvalue weighted by Crippen LogP contribution is -2.18. The number of hydrogen-bond donors (Lipinski definition) is 2. The molecule has 2 amide bonds. The highest BCUT2D eigenvalue weighted by atomic mass is 35.5. The number of benzene rings is 3. The van der Waals surface area contributed by atoms with Gasteiger partial charge in [-0.2, -0.15) is 5.10 Å². The average Bonchev–Trinajstić information content (AvgIpc) is 3.20. The Hall–Kier alpha value is -3.90.